The molecule has 3 amide bonds. The average molecular weight is 522 g/mol. The van der Waals surface area contributed by atoms with E-state index in [1.54, 1.807) is 19.2 Å². The van der Waals surface area contributed by atoms with Gasteiger partial charge in [-0.2, -0.15) is 0 Å². The third kappa shape index (κ3) is 4.12. The summed E-state index contributed by atoms with van der Waals surface area (Å²) < 4.78 is 11.8. The summed E-state index contributed by atoms with van der Waals surface area (Å²) in [5.41, 5.74) is -0.515. The van der Waals surface area contributed by atoms with Crippen molar-refractivity contribution >= 4 is 23.4 Å². The molecule has 2 N–H and O–H groups in total. The van der Waals surface area contributed by atoms with Crippen LogP contribution in [-0.4, -0.2) is 59.6 Å². The second kappa shape index (κ2) is 10.0. The number of ether oxygens (including phenoxy) is 2. The van der Waals surface area contributed by atoms with Crippen LogP contribution in [0, 0.1) is 17.8 Å². The predicted molar refractivity (Wildman–Crippen MR) is 142 cm³/mol. The molecule has 2 saturated carbocycles. The summed E-state index contributed by atoms with van der Waals surface area (Å²) in [7, 11) is 1.58. The monoisotopic (exact) mass is 521 g/mol. The van der Waals surface area contributed by atoms with Gasteiger partial charge in [0.25, 0.3) is 0 Å². The highest BCUT2D eigenvalue weighted by atomic mass is 16.5. The highest BCUT2D eigenvalue weighted by Crippen LogP contribution is 2.56. The van der Waals surface area contributed by atoms with E-state index in [-0.39, 0.29) is 35.7 Å². The number of nitrogens with zero attached hydrogens (tertiary/aromatic N) is 1. The number of benzene rings is 1. The van der Waals surface area contributed by atoms with Crippen molar-refractivity contribution in [3.63, 3.8) is 0 Å². The van der Waals surface area contributed by atoms with Crippen LogP contribution in [0.2, 0.25) is 0 Å². The second-order valence-corrected chi connectivity index (χ2v) is 11.8. The summed E-state index contributed by atoms with van der Waals surface area (Å²) >= 11 is 0. The molecule has 8 heteroatoms. The van der Waals surface area contributed by atoms with Crippen LogP contribution in [0.25, 0.3) is 0 Å². The Morgan fingerprint density at radius 2 is 1.82 bits per heavy atom. The maximum atomic E-state index is 14.3. The Balaban J connectivity index is 1.32. The van der Waals surface area contributed by atoms with Crippen molar-refractivity contribution in [3.8, 4) is 5.75 Å². The van der Waals surface area contributed by atoms with Crippen molar-refractivity contribution in [2.45, 2.75) is 94.5 Å². The molecule has 2 bridgehead atoms. The molecule has 8 nitrogen and oxygen atoms in total. The quantitative estimate of drug-likeness (QED) is 0.555. The third-order valence-electron chi connectivity index (χ3n) is 9.58. The fourth-order valence-corrected chi connectivity index (χ4v) is 7.73. The zero-order valence-corrected chi connectivity index (χ0v) is 22.4. The zero-order chi connectivity index (χ0) is 26.4. The number of carbonyl (C=O) groups is 3. The van der Waals surface area contributed by atoms with E-state index in [2.05, 4.69) is 17.6 Å². The van der Waals surface area contributed by atoms with Gasteiger partial charge in [0.05, 0.1) is 25.0 Å². The highest BCUT2D eigenvalue weighted by Gasteiger charge is 2.73. The first-order chi connectivity index (χ1) is 18.4. The van der Waals surface area contributed by atoms with E-state index in [0.717, 1.165) is 51.4 Å². The van der Waals surface area contributed by atoms with E-state index in [0.29, 0.717) is 11.4 Å². The Morgan fingerprint density at radius 3 is 2.58 bits per heavy atom. The first kappa shape index (κ1) is 25.4. The Morgan fingerprint density at radius 1 is 1.05 bits per heavy atom. The Bertz CT molecular complexity index is 1130. The summed E-state index contributed by atoms with van der Waals surface area (Å²) in [6.45, 7) is 2.18. The van der Waals surface area contributed by atoms with Crippen molar-refractivity contribution in [1.82, 2.24) is 10.2 Å². The lowest BCUT2D eigenvalue weighted by molar-refractivity contribution is -0.146. The van der Waals surface area contributed by atoms with E-state index in [1.807, 2.05) is 29.2 Å². The molecule has 1 aromatic rings. The summed E-state index contributed by atoms with van der Waals surface area (Å²) in [5, 5.41) is 6.27. The van der Waals surface area contributed by atoms with Gasteiger partial charge in [0.1, 0.15) is 17.4 Å². The lowest BCUT2D eigenvalue weighted by atomic mass is 9.74. The predicted octanol–water partition coefficient (Wildman–Crippen LogP) is 3.81. The van der Waals surface area contributed by atoms with E-state index < -0.39 is 29.6 Å². The number of methoxy groups -OCH3 is 1. The molecule has 4 fully saturated rings. The minimum atomic E-state index is -1.12. The van der Waals surface area contributed by atoms with Crippen molar-refractivity contribution in [2.24, 2.45) is 17.8 Å². The van der Waals surface area contributed by atoms with Crippen LogP contribution in [0.15, 0.2) is 36.4 Å². The van der Waals surface area contributed by atoms with Gasteiger partial charge in [0, 0.05) is 23.8 Å². The topological polar surface area (TPSA) is 97.0 Å². The molecule has 0 radical (unpaired) electrons. The van der Waals surface area contributed by atoms with Gasteiger partial charge in [-0.3, -0.25) is 14.4 Å². The molecule has 2 saturated heterocycles. The van der Waals surface area contributed by atoms with Gasteiger partial charge in [0.15, 0.2) is 0 Å². The normalized spacial score (nSPS) is 36.3. The highest BCUT2D eigenvalue weighted by molar-refractivity contribution is 6.03. The number of fused-ring (bicyclic) bond motifs is 1. The third-order valence-corrected chi connectivity index (χ3v) is 9.58. The SMILES string of the molecule is COc1cccc(NC(=O)[C@H]2[C@H]3C=C[C@@]4(O3)[C@H]2C(=O)N([C@@H]2CCCC[C@H]2C)[C@@H]4C(=O)NC2CCCCC2)c1. The summed E-state index contributed by atoms with van der Waals surface area (Å²) in [5.74, 6) is -1.02. The second-order valence-electron chi connectivity index (χ2n) is 11.8. The standard InChI is InChI=1S/C30H39N3O5/c1-18-9-6-7-14-22(18)33-26(28(35)31-19-10-4-3-5-11-19)30-16-15-23(38-30)24(25(30)29(33)36)27(34)32-20-12-8-13-21(17-20)37-2/h8,12-13,15-19,22-26H,3-7,9-11,14H2,1-2H3,(H,31,35)(H,32,34)/t18-,22-,23-,24+,25-,26-,30-/m1/s1. The minimum absolute atomic E-state index is 0.0310. The number of amides is 3. The number of hydrogen-bond acceptors (Lipinski definition) is 5. The molecule has 1 spiro atoms. The molecule has 0 aromatic heterocycles. The summed E-state index contributed by atoms with van der Waals surface area (Å²) in [4.78, 5) is 43.9. The van der Waals surface area contributed by atoms with Gasteiger partial charge >= 0.3 is 0 Å². The molecule has 0 unspecified atom stereocenters. The lowest BCUT2D eigenvalue weighted by Crippen LogP contribution is -2.59. The van der Waals surface area contributed by atoms with E-state index in [9.17, 15) is 14.4 Å². The first-order valence-electron chi connectivity index (χ1n) is 14.4. The van der Waals surface area contributed by atoms with Crippen molar-refractivity contribution in [2.75, 3.05) is 12.4 Å². The van der Waals surface area contributed by atoms with Gasteiger partial charge < -0.3 is 25.0 Å². The summed E-state index contributed by atoms with van der Waals surface area (Å²) in [6, 6.07) is 6.51. The summed E-state index contributed by atoms with van der Waals surface area (Å²) in [6.07, 6.45) is 12.7. The molecule has 5 aliphatic rings. The average Bonchev–Trinajstić information content (AvgIpc) is 3.57. The number of nitrogens with one attached hydrogen (secondary N) is 2. The van der Waals surface area contributed by atoms with Gasteiger partial charge in [-0.1, -0.05) is 57.2 Å². The minimum Gasteiger partial charge on any atom is -0.497 e. The number of carbonyl (C=O) groups excluding carboxylic acids is 3. The molecule has 2 aliphatic carbocycles. The molecule has 3 aliphatic heterocycles. The van der Waals surface area contributed by atoms with Crippen molar-refractivity contribution in [3.05, 3.63) is 36.4 Å². The van der Waals surface area contributed by atoms with Crippen LogP contribution < -0.4 is 15.4 Å². The Hall–Kier alpha value is -2.87. The molecular formula is C30H39N3O5. The fourth-order valence-electron chi connectivity index (χ4n) is 7.73. The Labute approximate surface area is 224 Å². The fraction of sp³-hybridized carbons (Fsp3) is 0.633. The first-order valence-corrected chi connectivity index (χ1v) is 14.4. The largest absolute Gasteiger partial charge is 0.497 e. The number of likely N-dealkylation sites (tertiary alicyclic amines) is 1. The maximum absolute atomic E-state index is 14.3. The molecule has 1 aromatic carbocycles. The number of rotatable bonds is 6. The van der Waals surface area contributed by atoms with Crippen molar-refractivity contribution < 1.29 is 23.9 Å². The molecule has 6 rings (SSSR count). The van der Waals surface area contributed by atoms with E-state index >= 15 is 0 Å². The zero-order valence-electron chi connectivity index (χ0n) is 22.4. The molecule has 3 heterocycles. The van der Waals surface area contributed by atoms with Crippen LogP contribution in [0.4, 0.5) is 5.69 Å². The number of anilines is 1. The smallest absolute Gasteiger partial charge is 0.246 e. The van der Waals surface area contributed by atoms with Crippen LogP contribution in [-0.2, 0) is 19.1 Å². The van der Waals surface area contributed by atoms with Gasteiger partial charge in [0.2, 0.25) is 17.7 Å². The van der Waals surface area contributed by atoms with Crippen LogP contribution >= 0.6 is 0 Å². The number of hydrogen-bond donors (Lipinski definition) is 2. The Kier molecular flexibility index (Phi) is 6.70. The van der Waals surface area contributed by atoms with Crippen LogP contribution in [0.3, 0.4) is 0 Å². The van der Waals surface area contributed by atoms with Gasteiger partial charge in [-0.15, -0.1) is 0 Å². The lowest BCUT2D eigenvalue weighted by Gasteiger charge is -2.42. The van der Waals surface area contributed by atoms with Gasteiger partial charge in [-0.25, -0.2) is 0 Å². The molecule has 204 valence electrons. The maximum Gasteiger partial charge on any atom is 0.246 e. The van der Waals surface area contributed by atoms with Crippen LogP contribution in [0.1, 0.15) is 64.7 Å². The van der Waals surface area contributed by atoms with E-state index in [1.165, 1.54) is 6.42 Å². The molecule has 38 heavy (non-hydrogen) atoms. The van der Waals surface area contributed by atoms with E-state index in [4.69, 9.17) is 9.47 Å². The van der Waals surface area contributed by atoms with Crippen LogP contribution in [0.5, 0.6) is 5.75 Å². The molecule has 7 atom stereocenters. The van der Waals surface area contributed by atoms with Gasteiger partial charge in [-0.05, 0) is 43.7 Å². The van der Waals surface area contributed by atoms with Crippen molar-refractivity contribution in [1.29, 1.82) is 0 Å². The molecular weight excluding hydrogens is 482 g/mol.